The second kappa shape index (κ2) is 7.17. The quantitative estimate of drug-likeness (QED) is 0.777. The Hall–Kier alpha value is -2.50. The third-order valence-electron chi connectivity index (χ3n) is 4.39. The lowest BCUT2D eigenvalue weighted by Gasteiger charge is -2.21. The second-order valence-corrected chi connectivity index (χ2v) is 6.36. The standard InChI is InChI=1S/C20H21FN2O2/c1-22(13-19(24)14-7-9-17(21)10-8-14)12-16-11-15-5-3-4-6-18(15)23(2)20(16)25/h3-11,19,24H,12-13H2,1-2H3. The van der Waals surface area contributed by atoms with Gasteiger partial charge in [0.1, 0.15) is 5.82 Å². The Bertz CT molecular complexity index is 935. The predicted molar refractivity (Wildman–Crippen MR) is 96.9 cm³/mol. The number of para-hydroxylation sites is 1. The molecule has 5 heteroatoms. The van der Waals surface area contributed by atoms with Crippen molar-refractivity contribution in [3.63, 3.8) is 0 Å². The summed E-state index contributed by atoms with van der Waals surface area (Å²) in [4.78, 5) is 14.4. The van der Waals surface area contributed by atoms with Crippen LogP contribution in [-0.2, 0) is 13.6 Å². The van der Waals surface area contributed by atoms with Crippen molar-refractivity contribution >= 4 is 10.9 Å². The van der Waals surface area contributed by atoms with E-state index in [0.717, 1.165) is 10.9 Å². The second-order valence-electron chi connectivity index (χ2n) is 6.36. The average Bonchev–Trinajstić information content (AvgIpc) is 2.60. The van der Waals surface area contributed by atoms with E-state index in [1.807, 2.05) is 42.3 Å². The summed E-state index contributed by atoms with van der Waals surface area (Å²) < 4.78 is 14.6. The van der Waals surface area contributed by atoms with E-state index in [4.69, 9.17) is 0 Å². The van der Waals surface area contributed by atoms with Crippen LogP contribution in [0, 0.1) is 5.82 Å². The Morgan fingerprint density at radius 2 is 1.84 bits per heavy atom. The van der Waals surface area contributed by atoms with Gasteiger partial charge in [-0.05, 0) is 42.3 Å². The molecule has 0 fully saturated rings. The molecule has 0 aliphatic carbocycles. The number of aliphatic hydroxyl groups is 1. The van der Waals surface area contributed by atoms with E-state index in [1.54, 1.807) is 23.7 Å². The number of rotatable bonds is 5. The van der Waals surface area contributed by atoms with Crippen LogP contribution in [0.25, 0.3) is 10.9 Å². The van der Waals surface area contributed by atoms with Crippen molar-refractivity contribution in [3.05, 3.63) is 81.9 Å². The number of aromatic nitrogens is 1. The molecule has 0 spiro atoms. The van der Waals surface area contributed by atoms with Crippen LogP contribution >= 0.6 is 0 Å². The zero-order valence-electron chi connectivity index (χ0n) is 14.3. The lowest BCUT2D eigenvalue weighted by molar-refractivity contribution is 0.123. The summed E-state index contributed by atoms with van der Waals surface area (Å²) in [5.41, 5.74) is 2.18. The molecule has 0 bridgehead atoms. The summed E-state index contributed by atoms with van der Waals surface area (Å²) in [6.45, 7) is 0.775. The molecule has 0 aliphatic heterocycles. The molecule has 0 amide bonds. The van der Waals surface area contributed by atoms with E-state index in [0.29, 0.717) is 24.2 Å². The molecule has 4 nitrogen and oxygen atoms in total. The number of benzene rings is 2. The van der Waals surface area contributed by atoms with E-state index in [2.05, 4.69) is 0 Å². The molecular formula is C20H21FN2O2. The zero-order chi connectivity index (χ0) is 18.0. The van der Waals surface area contributed by atoms with E-state index >= 15 is 0 Å². The molecule has 1 N–H and O–H groups in total. The fourth-order valence-corrected chi connectivity index (χ4v) is 3.04. The van der Waals surface area contributed by atoms with Gasteiger partial charge >= 0.3 is 0 Å². The van der Waals surface area contributed by atoms with Crippen LogP contribution in [0.3, 0.4) is 0 Å². The minimum absolute atomic E-state index is 0.0400. The smallest absolute Gasteiger partial charge is 0.255 e. The van der Waals surface area contributed by atoms with Crippen LogP contribution in [0.1, 0.15) is 17.2 Å². The van der Waals surface area contributed by atoms with Gasteiger partial charge in [-0.2, -0.15) is 0 Å². The Morgan fingerprint density at radius 1 is 1.16 bits per heavy atom. The summed E-state index contributed by atoms with van der Waals surface area (Å²) in [7, 11) is 3.61. The summed E-state index contributed by atoms with van der Waals surface area (Å²) in [6.07, 6.45) is -0.741. The number of aliphatic hydroxyl groups excluding tert-OH is 1. The molecule has 3 rings (SSSR count). The maximum atomic E-state index is 13.0. The number of hydrogen-bond acceptors (Lipinski definition) is 3. The SMILES string of the molecule is CN(Cc1cc2ccccc2n(C)c1=O)CC(O)c1ccc(F)cc1. The summed E-state index contributed by atoms with van der Waals surface area (Å²) in [6, 6.07) is 15.5. The Morgan fingerprint density at radius 3 is 2.56 bits per heavy atom. The van der Waals surface area contributed by atoms with Crippen molar-refractivity contribution in [1.82, 2.24) is 9.47 Å². The van der Waals surface area contributed by atoms with Gasteiger partial charge in [-0.1, -0.05) is 30.3 Å². The van der Waals surface area contributed by atoms with Crippen LogP contribution in [0.4, 0.5) is 4.39 Å². The fourth-order valence-electron chi connectivity index (χ4n) is 3.04. The maximum absolute atomic E-state index is 13.0. The summed E-state index contributed by atoms with van der Waals surface area (Å²) in [5, 5.41) is 11.3. The fraction of sp³-hybridized carbons (Fsp3) is 0.250. The van der Waals surface area contributed by atoms with Gasteiger partial charge in [0.15, 0.2) is 0 Å². The van der Waals surface area contributed by atoms with E-state index in [9.17, 15) is 14.3 Å². The molecule has 130 valence electrons. The normalized spacial score (nSPS) is 12.7. The van der Waals surface area contributed by atoms with Crippen LogP contribution in [0.2, 0.25) is 0 Å². The molecule has 3 aromatic rings. The van der Waals surface area contributed by atoms with Crippen molar-refractivity contribution in [2.75, 3.05) is 13.6 Å². The number of halogens is 1. The predicted octanol–water partition coefficient (Wildman–Crippen LogP) is 2.84. The molecule has 25 heavy (non-hydrogen) atoms. The minimum Gasteiger partial charge on any atom is -0.387 e. The molecular weight excluding hydrogens is 319 g/mol. The Balaban J connectivity index is 1.77. The first-order chi connectivity index (χ1) is 12.0. The van der Waals surface area contributed by atoms with Gasteiger partial charge < -0.3 is 9.67 Å². The molecule has 0 aliphatic rings. The number of pyridine rings is 1. The monoisotopic (exact) mass is 340 g/mol. The Labute approximate surface area is 145 Å². The van der Waals surface area contributed by atoms with Gasteiger partial charge in [0.25, 0.3) is 5.56 Å². The highest BCUT2D eigenvalue weighted by Gasteiger charge is 2.14. The molecule has 1 unspecified atom stereocenters. The van der Waals surface area contributed by atoms with E-state index in [1.165, 1.54) is 12.1 Å². The third-order valence-corrected chi connectivity index (χ3v) is 4.39. The first kappa shape index (κ1) is 17.3. The molecule has 0 saturated heterocycles. The largest absolute Gasteiger partial charge is 0.387 e. The molecule has 1 heterocycles. The lowest BCUT2D eigenvalue weighted by atomic mass is 10.1. The highest BCUT2D eigenvalue weighted by atomic mass is 19.1. The van der Waals surface area contributed by atoms with Gasteiger partial charge in [-0.3, -0.25) is 9.69 Å². The van der Waals surface area contributed by atoms with Crippen LogP contribution in [0.5, 0.6) is 0 Å². The number of hydrogen-bond donors (Lipinski definition) is 1. The molecule has 0 radical (unpaired) electrons. The van der Waals surface area contributed by atoms with Crippen LogP contribution < -0.4 is 5.56 Å². The first-order valence-corrected chi connectivity index (χ1v) is 8.15. The third kappa shape index (κ3) is 3.78. The first-order valence-electron chi connectivity index (χ1n) is 8.15. The highest BCUT2D eigenvalue weighted by molar-refractivity contribution is 5.79. The number of likely N-dealkylation sites (N-methyl/N-ethyl adjacent to an activating group) is 1. The van der Waals surface area contributed by atoms with Crippen molar-refractivity contribution in [1.29, 1.82) is 0 Å². The minimum atomic E-state index is -0.741. The highest BCUT2D eigenvalue weighted by Crippen LogP contribution is 2.17. The van der Waals surface area contributed by atoms with Gasteiger partial charge in [0.05, 0.1) is 11.6 Å². The summed E-state index contributed by atoms with van der Waals surface area (Å²) >= 11 is 0. The molecule has 2 aromatic carbocycles. The van der Waals surface area contributed by atoms with Crippen molar-refractivity contribution in [3.8, 4) is 0 Å². The van der Waals surface area contributed by atoms with E-state index < -0.39 is 6.10 Å². The number of nitrogens with zero attached hydrogens (tertiary/aromatic N) is 2. The molecule has 0 saturated carbocycles. The average molecular weight is 340 g/mol. The van der Waals surface area contributed by atoms with Crippen molar-refractivity contribution in [2.24, 2.45) is 7.05 Å². The van der Waals surface area contributed by atoms with Crippen LogP contribution in [-0.4, -0.2) is 28.2 Å². The number of aryl methyl sites for hydroxylation is 1. The lowest BCUT2D eigenvalue weighted by Crippen LogP contribution is -2.29. The molecule has 1 atom stereocenters. The maximum Gasteiger partial charge on any atom is 0.255 e. The summed E-state index contributed by atoms with van der Waals surface area (Å²) in [5.74, 6) is -0.330. The van der Waals surface area contributed by atoms with Gasteiger partial charge in [-0.15, -0.1) is 0 Å². The van der Waals surface area contributed by atoms with E-state index in [-0.39, 0.29) is 11.4 Å². The van der Waals surface area contributed by atoms with Crippen molar-refractivity contribution in [2.45, 2.75) is 12.6 Å². The van der Waals surface area contributed by atoms with Gasteiger partial charge in [0, 0.05) is 25.7 Å². The number of fused-ring (bicyclic) bond motifs is 1. The van der Waals surface area contributed by atoms with Gasteiger partial charge in [-0.25, -0.2) is 4.39 Å². The topological polar surface area (TPSA) is 45.5 Å². The Kier molecular flexibility index (Phi) is 4.97. The van der Waals surface area contributed by atoms with Gasteiger partial charge in [0.2, 0.25) is 0 Å². The zero-order valence-corrected chi connectivity index (χ0v) is 14.3. The molecule has 1 aromatic heterocycles. The van der Waals surface area contributed by atoms with Crippen molar-refractivity contribution < 1.29 is 9.50 Å². The van der Waals surface area contributed by atoms with Crippen LogP contribution in [0.15, 0.2) is 59.4 Å².